The first-order chi connectivity index (χ1) is 17.1. The number of aromatic nitrogens is 2. The number of rotatable bonds is 7. The molecule has 4 aromatic rings. The lowest BCUT2D eigenvalue weighted by Crippen LogP contribution is -2.46. The molecule has 5 rings (SSSR count). The maximum absolute atomic E-state index is 13.3. The summed E-state index contributed by atoms with van der Waals surface area (Å²) in [7, 11) is 0. The molecule has 2 aromatic heterocycles. The summed E-state index contributed by atoms with van der Waals surface area (Å²) in [5.74, 6) is -0.217. The van der Waals surface area contributed by atoms with Gasteiger partial charge in [-0.05, 0) is 48.9 Å². The quantitative estimate of drug-likeness (QED) is 0.381. The molecule has 1 fully saturated rings. The molecule has 0 unspecified atom stereocenters. The van der Waals surface area contributed by atoms with E-state index in [9.17, 15) is 9.18 Å². The van der Waals surface area contributed by atoms with E-state index in [-0.39, 0.29) is 5.82 Å². The normalized spacial score (nSPS) is 14.2. The first-order valence-corrected chi connectivity index (χ1v) is 11.8. The number of nitrogens with zero attached hydrogens (tertiary/aromatic N) is 4. The van der Waals surface area contributed by atoms with Crippen LogP contribution in [0.4, 0.5) is 21.5 Å². The molecule has 178 valence electrons. The maximum atomic E-state index is 13.3. The number of hydrogen-bond donors (Lipinski definition) is 1. The summed E-state index contributed by atoms with van der Waals surface area (Å²) in [5.41, 5.74) is 6.84. The minimum Gasteiger partial charge on any atom is -0.369 e. The third-order valence-electron chi connectivity index (χ3n) is 6.55. The predicted molar refractivity (Wildman–Crippen MR) is 137 cm³/mol. The van der Waals surface area contributed by atoms with Crippen LogP contribution in [0.3, 0.4) is 0 Å². The van der Waals surface area contributed by atoms with Crippen LogP contribution < -0.4 is 9.80 Å². The number of carbonyl (C=O) groups excluding carboxylic acids is 1. The fourth-order valence-electron chi connectivity index (χ4n) is 4.79. The van der Waals surface area contributed by atoms with Crippen molar-refractivity contribution in [1.82, 2.24) is 14.9 Å². The Hall–Kier alpha value is -3.97. The Labute approximate surface area is 204 Å². The van der Waals surface area contributed by atoms with Crippen LogP contribution in [0.2, 0.25) is 0 Å². The topological polar surface area (TPSA) is 55.5 Å². The molecule has 0 saturated carbocycles. The van der Waals surface area contributed by atoms with E-state index in [4.69, 9.17) is 0 Å². The molecule has 1 aliphatic rings. The number of H-pyrrole nitrogens is 1. The molecule has 2 aromatic carbocycles. The molecular weight excluding hydrogens is 441 g/mol. The van der Waals surface area contributed by atoms with Crippen molar-refractivity contribution < 1.29 is 9.18 Å². The average Bonchev–Trinajstić information content (AvgIpc) is 3.22. The first-order valence-electron chi connectivity index (χ1n) is 11.8. The molecule has 1 aliphatic heterocycles. The number of benzene rings is 2. The van der Waals surface area contributed by atoms with E-state index in [2.05, 4.69) is 31.9 Å². The van der Waals surface area contributed by atoms with Gasteiger partial charge in [-0.15, -0.1) is 0 Å². The monoisotopic (exact) mass is 469 g/mol. The van der Waals surface area contributed by atoms with Crippen LogP contribution in [0.1, 0.15) is 11.3 Å². The molecule has 0 atom stereocenters. The Morgan fingerprint density at radius 2 is 1.66 bits per heavy atom. The molecule has 7 heteroatoms. The lowest BCUT2D eigenvalue weighted by Gasteiger charge is -2.36. The van der Waals surface area contributed by atoms with Gasteiger partial charge in [-0.3, -0.25) is 19.6 Å². The second kappa shape index (κ2) is 10.1. The lowest BCUT2D eigenvalue weighted by atomic mass is 10.0. The van der Waals surface area contributed by atoms with Crippen LogP contribution in [0.25, 0.3) is 11.3 Å². The smallest absolute Gasteiger partial charge is 0.218 e. The van der Waals surface area contributed by atoms with Crippen molar-refractivity contribution in [3.8, 4) is 11.3 Å². The van der Waals surface area contributed by atoms with Gasteiger partial charge in [0, 0.05) is 62.1 Å². The van der Waals surface area contributed by atoms with E-state index in [0.29, 0.717) is 6.54 Å². The van der Waals surface area contributed by atoms with E-state index >= 15 is 0 Å². The predicted octanol–water partition coefficient (Wildman–Crippen LogP) is 5.14. The highest BCUT2D eigenvalue weighted by Gasteiger charge is 2.26. The number of anilines is 3. The van der Waals surface area contributed by atoms with Gasteiger partial charge in [-0.2, -0.15) is 0 Å². The molecule has 1 saturated heterocycles. The highest BCUT2D eigenvalue weighted by atomic mass is 19.1. The van der Waals surface area contributed by atoms with E-state index < -0.39 is 0 Å². The van der Waals surface area contributed by atoms with E-state index in [1.165, 1.54) is 12.1 Å². The van der Waals surface area contributed by atoms with Crippen molar-refractivity contribution in [3.63, 3.8) is 0 Å². The Morgan fingerprint density at radius 3 is 2.31 bits per heavy atom. The standard InChI is InChI=1S/C28H28FN5O/c1-21-28(34(20-35)25-11-13-30-14-12-25)26(27(31-21)22-5-3-2-4-6-22)19-32-15-17-33(18-16-32)24-9-7-23(29)8-10-24/h2-14,20,31H,15-19H2,1H3. The highest BCUT2D eigenvalue weighted by molar-refractivity contribution is 5.91. The zero-order chi connectivity index (χ0) is 24.2. The highest BCUT2D eigenvalue weighted by Crippen LogP contribution is 2.38. The Bertz CT molecular complexity index is 1270. The molecule has 1 amide bonds. The summed E-state index contributed by atoms with van der Waals surface area (Å²) in [6.07, 6.45) is 4.26. The number of aromatic amines is 1. The van der Waals surface area contributed by atoms with E-state index in [1.807, 2.05) is 49.4 Å². The Balaban J connectivity index is 1.45. The van der Waals surface area contributed by atoms with Crippen molar-refractivity contribution in [2.75, 3.05) is 36.0 Å². The lowest BCUT2D eigenvalue weighted by molar-refractivity contribution is -0.106. The van der Waals surface area contributed by atoms with Crippen molar-refractivity contribution in [2.45, 2.75) is 13.5 Å². The van der Waals surface area contributed by atoms with Crippen molar-refractivity contribution in [2.24, 2.45) is 0 Å². The molecule has 1 N–H and O–H groups in total. The van der Waals surface area contributed by atoms with Crippen molar-refractivity contribution in [3.05, 3.63) is 96.2 Å². The third kappa shape index (κ3) is 4.81. The summed E-state index contributed by atoms with van der Waals surface area (Å²) in [4.78, 5) is 26.4. The van der Waals surface area contributed by atoms with Gasteiger partial charge in [0.1, 0.15) is 5.82 Å². The molecule has 3 heterocycles. The molecule has 0 aliphatic carbocycles. The van der Waals surface area contributed by atoms with Crippen LogP contribution in [-0.2, 0) is 11.3 Å². The summed E-state index contributed by atoms with van der Waals surface area (Å²) < 4.78 is 13.3. The fraction of sp³-hybridized carbons (Fsp3) is 0.214. The minimum absolute atomic E-state index is 0.217. The number of carbonyl (C=O) groups is 1. The zero-order valence-electron chi connectivity index (χ0n) is 19.7. The number of pyridine rings is 1. The van der Waals surface area contributed by atoms with Gasteiger partial charge < -0.3 is 9.88 Å². The third-order valence-corrected chi connectivity index (χ3v) is 6.55. The number of amides is 1. The number of halogens is 1. The van der Waals surface area contributed by atoms with Gasteiger partial charge in [0.05, 0.1) is 17.1 Å². The van der Waals surface area contributed by atoms with Crippen LogP contribution >= 0.6 is 0 Å². The van der Waals surface area contributed by atoms with Crippen LogP contribution in [0.15, 0.2) is 79.1 Å². The van der Waals surface area contributed by atoms with Crippen molar-refractivity contribution >= 4 is 23.5 Å². The molecule has 0 spiro atoms. The largest absolute Gasteiger partial charge is 0.369 e. The molecule has 6 nitrogen and oxygen atoms in total. The fourth-order valence-corrected chi connectivity index (χ4v) is 4.79. The van der Waals surface area contributed by atoms with Gasteiger partial charge in [0.2, 0.25) is 6.41 Å². The van der Waals surface area contributed by atoms with E-state index in [1.54, 1.807) is 17.3 Å². The van der Waals surface area contributed by atoms with Crippen LogP contribution in [0, 0.1) is 12.7 Å². The average molecular weight is 470 g/mol. The number of nitrogens with one attached hydrogen (secondary N) is 1. The molecule has 0 bridgehead atoms. The van der Waals surface area contributed by atoms with Crippen LogP contribution in [0.5, 0.6) is 0 Å². The molecular formula is C28H28FN5O. The first kappa shape index (κ1) is 22.8. The summed E-state index contributed by atoms with van der Waals surface area (Å²) in [6, 6.07) is 20.6. The summed E-state index contributed by atoms with van der Waals surface area (Å²) >= 11 is 0. The number of aryl methyl sites for hydroxylation is 1. The zero-order valence-corrected chi connectivity index (χ0v) is 19.7. The van der Waals surface area contributed by atoms with Gasteiger partial charge in [-0.1, -0.05) is 30.3 Å². The number of piperazine rings is 1. The minimum atomic E-state index is -0.217. The second-order valence-electron chi connectivity index (χ2n) is 8.74. The Morgan fingerprint density at radius 1 is 0.971 bits per heavy atom. The summed E-state index contributed by atoms with van der Waals surface area (Å²) in [6.45, 7) is 6.16. The second-order valence-corrected chi connectivity index (χ2v) is 8.74. The van der Waals surface area contributed by atoms with Crippen molar-refractivity contribution in [1.29, 1.82) is 0 Å². The summed E-state index contributed by atoms with van der Waals surface area (Å²) in [5, 5.41) is 0. The number of hydrogen-bond acceptors (Lipinski definition) is 4. The van der Waals surface area contributed by atoms with Gasteiger partial charge in [0.15, 0.2) is 0 Å². The Kier molecular flexibility index (Phi) is 6.59. The maximum Gasteiger partial charge on any atom is 0.218 e. The van der Waals surface area contributed by atoms with Gasteiger partial charge in [-0.25, -0.2) is 4.39 Å². The van der Waals surface area contributed by atoms with Crippen LogP contribution in [-0.4, -0.2) is 47.5 Å². The van der Waals surface area contributed by atoms with Gasteiger partial charge >= 0.3 is 0 Å². The molecule has 35 heavy (non-hydrogen) atoms. The molecule has 0 radical (unpaired) electrons. The van der Waals surface area contributed by atoms with E-state index in [0.717, 1.165) is 72.2 Å². The SMILES string of the molecule is Cc1[nH]c(-c2ccccc2)c(CN2CCN(c3ccc(F)cc3)CC2)c1N(C=O)c1ccncc1. The van der Waals surface area contributed by atoms with Gasteiger partial charge in [0.25, 0.3) is 0 Å².